The molecule has 1 aromatic heterocycles. The van der Waals surface area contributed by atoms with Gasteiger partial charge in [-0.05, 0) is 50.1 Å². The van der Waals surface area contributed by atoms with Crippen LogP contribution in [0.15, 0.2) is 36.4 Å². The minimum Gasteiger partial charge on any atom is -0.396 e. The first-order chi connectivity index (χ1) is 8.63. The van der Waals surface area contributed by atoms with E-state index in [2.05, 4.69) is 36.6 Å². The van der Waals surface area contributed by atoms with E-state index in [9.17, 15) is 5.11 Å². The van der Waals surface area contributed by atoms with Gasteiger partial charge in [-0.15, -0.1) is 0 Å². The van der Waals surface area contributed by atoms with Gasteiger partial charge in [-0.2, -0.15) is 0 Å². The number of aliphatic hydroxyl groups excluding tert-OH is 1. The Labute approximate surface area is 113 Å². The predicted octanol–water partition coefficient (Wildman–Crippen LogP) is 3.73. The summed E-state index contributed by atoms with van der Waals surface area (Å²) in [5.74, 6) is 0. The van der Waals surface area contributed by atoms with Crippen molar-refractivity contribution in [3.63, 3.8) is 0 Å². The van der Waals surface area contributed by atoms with Crippen LogP contribution in [0.25, 0.3) is 0 Å². The van der Waals surface area contributed by atoms with Crippen LogP contribution in [0.2, 0.25) is 5.02 Å². The molecule has 0 aliphatic rings. The molecule has 0 spiro atoms. The summed E-state index contributed by atoms with van der Waals surface area (Å²) >= 11 is 6.06. The second-order valence-electron chi connectivity index (χ2n) is 4.57. The summed E-state index contributed by atoms with van der Waals surface area (Å²) in [6, 6.07) is 12.2. The molecule has 18 heavy (non-hydrogen) atoms. The van der Waals surface area contributed by atoms with Crippen LogP contribution in [-0.2, 0) is 0 Å². The molecule has 96 valence electrons. The molecule has 1 atom stereocenters. The number of nitrogens with zero attached hydrogens (tertiary/aromatic N) is 1. The number of aryl methyl sites for hydroxylation is 2. The van der Waals surface area contributed by atoms with Crippen LogP contribution in [0.3, 0.4) is 0 Å². The zero-order valence-corrected chi connectivity index (χ0v) is 11.5. The maximum atomic E-state index is 9.30. The zero-order valence-electron chi connectivity index (χ0n) is 10.7. The zero-order chi connectivity index (χ0) is 13.1. The van der Waals surface area contributed by atoms with Gasteiger partial charge in [-0.1, -0.05) is 23.7 Å². The van der Waals surface area contributed by atoms with Crippen molar-refractivity contribution in [1.82, 2.24) is 4.57 Å². The van der Waals surface area contributed by atoms with E-state index >= 15 is 0 Å². The van der Waals surface area contributed by atoms with E-state index in [0.29, 0.717) is 6.42 Å². The topological polar surface area (TPSA) is 25.2 Å². The van der Waals surface area contributed by atoms with E-state index < -0.39 is 0 Å². The Bertz CT molecular complexity index is 514. The molecule has 0 radical (unpaired) electrons. The highest BCUT2D eigenvalue weighted by Gasteiger charge is 2.16. The molecule has 0 fully saturated rings. The quantitative estimate of drug-likeness (QED) is 0.893. The summed E-state index contributed by atoms with van der Waals surface area (Å²) in [7, 11) is 0. The summed E-state index contributed by atoms with van der Waals surface area (Å²) in [6.07, 6.45) is 0.691. The van der Waals surface area contributed by atoms with Crippen molar-refractivity contribution >= 4 is 11.6 Å². The smallest absolute Gasteiger partial charge is 0.0607 e. The molecule has 1 N–H and O–H groups in total. The van der Waals surface area contributed by atoms with Gasteiger partial charge in [-0.3, -0.25) is 0 Å². The molecule has 2 rings (SSSR count). The van der Waals surface area contributed by atoms with E-state index in [1.165, 1.54) is 11.4 Å². The molecule has 0 bridgehead atoms. The maximum Gasteiger partial charge on any atom is 0.0607 e. The van der Waals surface area contributed by atoms with Crippen LogP contribution >= 0.6 is 11.6 Å². The number of benzene rings is 1. The Kier molecular flexibility index (Phi) is 4.10. The third kappa shape index (κ3) is 2.60. The SMILES string of the molecule is Cc1ccc(C)n1[C@H](CCO)c1cccc(Cl)c1. The molecule has 0 aliphatic heterocycles. The molecule has 2 nitrogen and oxygen atoms in total. The number of hydrogen-bond acceptors (Lipinski definition) is 1. The highest BCUT2D eigenvalue weighted by atomic mass is 35.5. The molecular weight excluding hydrogens is 246 g/mol. The Hall–Kier alpha value is -1.25. The Balaban J connectivity index is 2.46. The van der Waals surface area contributed by atoms with E-state index in [1.807, 2.05) is 18.2 Å². The third-order valence-electron chi connectivity index (χ3n) is 3.27. The van der Waals surface area contributed by atoms with Gasteiger partial charge in [0.25, 0.3) is 0 Å². The maximum absolute atomic E-state index is 9.30. The fraction of sp³-hybridized carbons (Fsp3) is 0.333. The lowest BCUT2D eigenvalue weighted by Gasteiger charge is -2.22. The fourth-order valence-corrected chi connectivity index (χ4v) is 2.65. The highest BCUT2D eigenvalue weighted by Crippen LogP contribution is 2.27. The molecule has 0 saturated carbocycles. The monoisotopic (exact) mass is 263 g/mol. The summed E-state index contributed by atoms with van der Waals surface area (Å²) in [5, 5.41) is 10.0. The van der Waals surface area contributed by atoms with E-state index in [4.69, 9.17) is 11.6 Å². The van der Waals surface area contributed by atoms with Gasteiger partial charge >= 0.3 is 0 Å². The Morgan fingerprint density at radius 3 is 2.39 bits per heavy atom. The summed E-state index contributed by atoms with van der Waals surface area (Å²) < 4.78 is 2.25. The van der Waals surface area contributed by atoms with Gasteiger partial charge in [0.05, 0.1) is 6.04 Å². The number of halogens is 1. The van der Waals surface area contributed by atoms with Crippen LogP contribution in [-0.4, -0.2) is 16.3 Å². The number of aromatic nitrogens is 1. The van der Waals surface area contributed by atoms with Gasteiger partial charge in [0.15, 0.2) is 0 Å². The fourth-order valence-electron chi connectivity index (χ4n) is 2.45. The Morgan fingerprint density at radius 1 is 1.17 bits per heavy atom. The lowest BCUT2D eigenvalue weighted by molar-refractivity contribution is 0.267. The average Bonchev–Trinajstić information content (AvgIpc) is 2.67. The lowest BCUT2D eigenvalue weighted by Crippen LogP contribution is -2.15. The van der Waals surface area contributed by atoms with Gasteiger partial charge in [0.2, 0.25) is 0 Å². The molecule has 1 aromatic carbocycles. The van der Waals surface area contributed by atoms with Crippen molar-refractivity contribution in [3.8, 4) is 0 Å². The first-order valence-electron chi connectivity index (χ1n) is 6.14. The molecule has 0 aliphatic carbocycles. The van der Waals surface area contributed by atoms with Gasteiger partial charge in [0.1, 0.15) is 0 Å². The van der Waals surface area contributed by atoms with Crippen molar-refractivity contribution in [3.05, 3.63) is 58.4 Å². The molecule has 3 heteroatoms. The van der Waals surface area contributed by atoms with Gasteiger partial charge < -0.3 is 9.67 Å². The number of aliphatic hydroxyl groups is 1. The molecule has 1 heterocycles. The van der Waals surface area contributed by atoms with Crippen LogP contribution in [0.4, 0.5) is 0 Å². The first kappa shape index (κ1) is 13.2. The minimum absolute atomic E-state index is 0.142. The van der Waals surface area contributed by atoms with Crippen LogP contribution in [0, 0.1) is 13.8 Å². The summed E-state index contributed by atoms with van der Waals surface area (Å²) in [5.41, 5.74) is 3.54. The normalized spacial score (nSPS) is 12.7. The van der Waals surface area contributed by atoms with Crippen molar-refractivity contribution in [2.45, 2.75) is 26.3 Å². The number of rotatable bonds is 4. The first-order valence-corrected chi connectivity index (χ1v) is 6.52. The summed E-state index contributed by atoms with van der Waals surface area (Å²) in [6.45, 7) is 4.33. The van der Waals surface area contributed by atoms with Crippen molar-refractivity contribution in [1.29, 1.82) is 0 Å². The van der Waals surface area contributed by atoms with Crippen molar-refractivity contribution in [2.75, 3.05) is 6.61 Å². The standard InChI is InChI=1S/C15H18ClNO/c1-11-6-7-12(2)17(11)15(8-9-18)13-4-3-5-14(16)10-13/h3-7,10,15,18H,8-9H2,1-2H3/t15-/m1/s1. The molecule has 0 saturated heterocycles. The molecule has 2 aromatic rings. The molecular formula is C15H18ClNO. The largest absolute Gasteiger partial charge is 0.396 e. The van der Waals surface area contributed by atoms with Crippen LogP contribution in [0.1, 0.15) is 29.4 Å². The average molecular weight is 264 g/mol. The molecule has 0 unspecified atom stereocenters. The van der Waals surface area contributed by atoms with E-state index in [0.717, 1.165) is 10.6 Å². The second kappa shape index (κ2) is 5.59. The van der Waals surface area contributed by atoms with Crippen LogP contribution < -0.4 is 0 Å². The van der Waals surface area contributed by atoms with Crippen molar-refractivity contribution in [2.24, 2.45) is 0 Å². The van der Waals surface area contributed by atoms with E-state index in [1.54, 1.807) is 0 Å². The lowest BCUT2D eigenvalue weighted by atomic mass is 10.0. The van der Waals surface area contributed by atoms with Crippen molar-refractivity contribution < 1.29 is 5.11 Å². The highest BCUT2D eigenvalue weighted by molar-refractivity contribution is 6.30. The van der Waals surface area contributed by atoms with Gasteiger partial charge in [0, 0.05) is 23.0 Å². The third-order valence-corrected chi connectivity index (χ3v) is 3.51. The predicted molar refractivity (Wildman–Crippen MR) is 75.2 cm³/mol. The van der Waals surface area contributed by atoms with Crippen LogP contribution in [0.5, 0.6) is 0 Å². The summed E-state index contributed by atoms with van der Waals surface area (Å²) in [4.78, 5) is 0. The van der Waals surface area contributed by atoms with Gasteiger partial charge in [-0.25, -0.2) is 0 Å². The molecule has 0 amide bonds. The minimum atomic E-state index is 0.142. The van der Waals surface area contributed by atoms with E-state index in [-0.39, 0.29) is 12.6 Å². The Morgan fingerprint density at radius 2 is 1.83 bits per heavy atom. The number of hydrogen-bond donors (Lipinski definition) is 1. The second-order valence-corrected chi connectivity index (χ2v) is 5.01.